The van der Waals surface area contributed by atoms with Gasteiger partial charge in [0.1, 0.15) is 0 Å². The van der Waals surface area contributed by atoms with Crippen molar-refractivity contribution < 1.29 is 4.79 Å². The van der Waals surface area contributed by atoms with Crippen LogP contribution < -0.4 is 0 Å². The highest BCUT2D eigenvalue weighted by Crippen LogP contribution is 2.65. The zero-order chi connectivity index (χ0) is 19.2. The molecule has 0 heterocycles. The second kappa shape index (κ2) is 7.05. The second-order valence-electron chi connectivity index (χ2n) is 10.7. The molecule has 6 atom stereocenters. The molecule has 1 heteroatoms. The van der Waals surface area contributed by atoms with Gasteiger partial charge in [-0.15, -0.1) is 0 Å². The van der Waals surface area contributed by atoms with Crippen molar-refractivity contribution in [2.75, 3.05) is 0 Å². The van der Waals surface area contributed by atoms with Gasteiger partial charge in [0.05, 0.1) is 0 Å². The number of fused-ring (bicyclic) bond motifs is 5. The molecule has 0 N–H and O–H groups in total. The van der Waals surface area contributed by atoms with Crippen molar-refractivity contribution >= 4 is 5.78 Å². The van der Waals surface area contributed by atoms with E-state index in [0.29, 0.717) is 11.2 Å². The van der Waals surface area contributed by atoms with E-state index >= 15 is 0 Å². The third-order valence-electron chi connectivity index (χ3n) is 9.02. The van der Waals surface area contributed by atoms with E-state index in [4.69, 9.17) is 0 Å². The summed E-state index contributed by atoms with van der Waals surface area (Å²) < 4.78 is 0. The maximum atomic E-state index is 11.9. The summed E-state index contributed by atoms with van der Waals surface area (Å²) in [5.74, 6) is 3.60. The first kappa shape index (κ1) is 19.2. The van der Waals surface area contributed by atoms with Gasteiger partial charge in [-0.25, -0.2) is 0 Å². The van der Waals surface area contributed by atoms with E-state index < -0.39 is 0 Å². The number of carbonyl (C=O) groups is 1. The fourth-order valence-corrected chi connectivity index (χ4v) is 7.33. The van der Waals surface area contributed by atoms with E-state index in [1.165, 1.54) is 56.1 Å². The van der Waals surface area contributed by atoms with Crippen molar-refractivity contribution in [3.63, 3.8) is 0 Å². The quantitative estimate of drug-likeness (QED) is 0.385. The number of unbranched alkanes of at least 4 members (excludes halogenated alkanes) is 1. The fourth-order valence-electron chi connectivity index (χ4n) is 7.33. The summed E-state index contributed by atoms with van der Waals surface area (Å²) in [5, 5.41) is 0. The van der Waals surface area contributed by atoms with E-state index in [2.05, 4.69) is 45.9 Å². The van der Waals surface area contributed by atoms with Crippen LogP contribution >= 0.6 is 0 Å². The Morgan fingerprint density at radius 2 is 1.96 bits per heavy atom. The highest BCUT2D eigenvalue weighted by molar-refractivity contribution is 5.92. The van der Waals surface area contributed by atoms with Crippen LogP contribution in [0.15, 0.2) is 35.5 Å². The number of ketones is 1. The van der Waals surface area contributed by atoms with Gasteiger partial charge in [0.25, 0.3) is 0 Å². The lowest BCUT2D eigenvalue weighted by molar-refractivity contribution is -0.116. The molecule has 27 heavy (non-hydrogen) atoms. The summed E-state index contributed by atoms with van der Waals surface area (Å²) in [5.41, 5.74) is 3.58. The van der Waals surface area contributed by atoms with E-state index in [0.717, 1.165) is 36.5 Å². The van der Waals surface area contributed by atoms with Gasteiger partial charge in [-0.3, -0.25) is 4.79 Å². The average Bonchev–Trinajstić information content (AvgIpc) is 2.96. The molecule has 4 aliphatic rings. The van der Waals surface area contributed by atoms with E-state index in [9.17, 15) is 4.79 Å². The molecular weight excluding hydrogens is 328 g/mol. The molecule has 4 rings (SSSR count). The zero-order valence-electron chi connectivity index (χ0n) is 17.9. The van der Waals surface area contributed by atoms with Crippen LogP contribution in [0, 0.1) is 34.5 Å². The van der Waals surface area contributed by atoms with Crippen molar-refractivity contribution in [3.8, 4) is 0 Å². The molecule has 0 aromatic carbocycles. The summed E-state index contributed by atoms with van der Waals surface area (Å²) in [6.07, 6.45) is 20.7. The van der Waals surface area contributed by atoms with Gasteiger partial charge in [0.15, 0.2) is 5.78 Å². The molecule has 0 radical (unpaired) electrons. The summed E-state index contributed by atoms with van der Waals surface area (Å²) in [4.78, 5) is 11.9. The van der Waals surface area contributed by atoms with E-state index in [1.54, 1.807) is 0 Å². The molecule has 5 unspecified atom stereocenters. The van der Waals surface area contributed by atoms with Gasteiger partial charge in [-0.2, -0.15) is 0 Å². The molecule has 4 aliphatic carbocycles. The monoisotopic (exact) mass is 366 g/mol. The Kier molecular flexibility index (Phi) is 5.02. The standard InChI is InChI=1S/C26H38O/c1-18(2)7-5-6-8-19-10-12-23-22-11-9-20-17-21(27)13-15-26(20,4)24(22)14-16-25(19,23)3/h7,9,11,17,19,22-24H,5-6,8,10,12-16H2,1-4H3/t19?,22?,23?,24-,25?,26?/m0/s1. The van der Waals surface area contributed by atoms with Gasteiger partial charge in [-0.05, 0) is 111 Å². The molecule has 0 spiro atoms. The Bertz CT molecular complexity index is 691. The Morgan fingerprint density at radius 3 is 2.74 bits per heavy atom. The fraction of sp³-hybridized carbons (Fsp3) is 0.731. The molecule has 0 bridgehead atoms. The highest BCUT2D eigenvalue weighted by Gasteiger charge is 2.57. The zero-order valence-corrected chi connectivity index (χ0v) is 17.9. The van der Waals surface area contributed by atoms with Gasteiger partial charge in [0, 0.05) is 6.42 Å². The predicted octanol–water partition coefficient (Wildman–Crippen LogP) is 7.05. The van der Waals surface area contributed by atoms with Crippen LogP contribution in [-0.2, 0) is 4.79 Å². The van der Waals surface area contributed by atoms with E-state index in [-0.39, 0.29) is 5.41 Å². The number of rotatable bonds is 4. The lowest BCUT2D eigenvalue weighted by atomic mass is 9.48. The van der Waals surface area contributed by atoms with Crippen molar-refractivity contribution in [1.82, 2.24) is 0 Å². The molecule has 0 aromatic heterocycles. The van der Waals surface area contributed by atoms with Crippen molar-refractivity contribution in [2.24, 2.45) is 34.5 Å². The maximum absolute atomic E-state index is 11.9. The first-order valence-electron chi connectivity index (χ1n) is 11.4. The molecule has 0 saturated heterocycles. The first-order valence-corrected chi connectivity index (χ1v) is 11.4. The topological polar surface area (TPSA) is 17.1 Å². The summed E-state index contributed by atoms with van der Waals surface area (Å²) >= 11 is 0. The van der Waals surface area contributed by atoms with Crippen LogP contribution in [0.25, 0.3) is 0 Å². The largest absolute Gasteiger partial charge is 0.295 e. The smallest absolute Gasteiger partial charge is 0.156 e. The highest BCUT2D eigenvalue weighted by atomic mass is 16.1. The molecule has 1 nitrogen and oxygen atoms in total. The molecule has 0 amide bonds. The maximum Gasteiger partial charge on any atom is 0.156 e. The van der Waals surface area contributed by atoms with Crippen LogP contribution in [-0.4, -0.2) is 5.78 Å². The summed E-state index contributed by atoms with van der Waals surface area (Å²) in [6, 6.07) is 0. The SMILES string of the molecule is CC(C)=CCCCC1CCC2C3C=CC4=CC(=O)CCC4(C)[C@H]3CCC12C. The molecular formula is C26H38O. The minimum absolute atomic E-state index is 0.246. The van der Waals surface area contributed by atoms with Crippen LogP contribution in [0.5, 0.6) is 0 Å². The molecule has 0 aromatic rings. The number of hydrogen-bond donors (Lipinski definition) is 0. The number of carbonyl (C=O) groups excluding carboxylic acids is 1. The Labute approximate surface area is 166 Å². The van der Waals surface area contributed by atoms with Crippen LogP contribution in [0.4, 0.5) is 0 Å². The number of allylic oxidation sites excluding steroid dienone is 6. The third kappa shape index (κ3) is 3.19. The normalized spacial score (nSPS) is 42.8. The van der Waals surface area contributed by atoms with Gasteiger partial charge < -0.3 is 0 Å². The van der Waals surface area contributed by atoms with Gasteiger partial charge in [-0.1, -0.05) is 37.6 Å². The minimum Gasteiger partial charge on any atom is -0.295 e. The number of hydrogen-bond acceptors (Lipinski definition) is 1. The molecule has 148 valence electrons. The molecule has 0 aliphatic heterocycles. The van der Waals surface area contributed by atoms with Crippen LogP contribution in [0.3, 0.4) is 0 Å². The molecule has 2 fully saturated rings. The Morgan fingerprint density at radius 1 is 1.15 bits per heavy atom. The van der Waals surface area contributed by atoms with Gasteiger partial charge >= 0.3 is 0 Å². The lowest BCUT2D eigenvalue weighted by Crippen LogP contribution is -2.48. The van der Waals surface area contributed by atoms with Crippen molar-refractivity contribution in [3.05, 3.63) is 35.5 Å². The second-order valence-corrected chi connectivity index (χ2v) is 10.7. The van der Waals surface area contributed by atoms with Crippen molar-refractivity contribution in [1.29, 1.82) is 0 Å². The summed E-state index contributed by atoms with van der Waals surface area (Å²) in [6.45, 7) is 9.51. The predicted molar refractivity (Wildman–Crippen MR) is 113 cm³/mol. The average molecular weight is 367 g/mol. The first-order chi connectivity index (χ1) is 12.8. The third-order valence-corrected chi connectivity index (χ3v) is 9.02. The van der Waals surface area contributed by atoms with Gasteiger partial charge in [0.2, 0.25) is 0 Å². The van der Waals surface area contributed by atoms with Crippen molar-refractivity contribution in [2.45, 2.75) is 85.5 Å². The summed E-state index contributed by atoms with van der Waals surface area (Å²) in [7, 11) is 0. The van der Waals surface area contributed by atoms with E-state index in [1.807, 2.05) is 6.08 Å². The minimum atomic E-state index is 0.246. The Hall–Kier alpha value is -1.11. The Balaban J connectivity index is 1.52. The molecule has 2 saturated carbocycles. The van der Waals surface area contributed by atoms with Crippen LogP contribution in [0.1, 0.15) is 85.5 Å². The van der Waals surface area contributed by atoms with Crippen LogP contribution in [0.2, 0.25) is 0 Å². The lowest BCUT2D eigenvalue weighted by Gasteiger charge is -2.56.